The topological polar surface area (TPSA) is 66.4 Å². The summed E-state index contributed by atoms with van der Waals surface area (Å²) in [6.07, 6.45) is 5.74. The molecule has 0 spiro atoms. The summed E-state index contributed by atoms with van der Waals surface area (Å²) in [5, 5.41) is 11.5. The summed E-state index contributed by atoms with van der Waals surface area (Å²) in [7, 11) is 3.33. The average molecular weight is 551 g/mol. The van der Waals surface area contributed by atoms with E-state index in [2.05, 4.69) is 12.1 Å². The molecule has 6 heteroatoms. The van der Waals surface area contributed by atoms with E-state index in [9.17, 15) is 5.11 Å². The Morgan fingerprint density at radius 2 is 0.925 bits per heavy atom. The molecule has 3 rings (SSSR count). The molecular weight excluding hydrogens is 504 g/mol. The molecule has 3 aromatic carbocycles. The van der Waals surface area contributed by atoms with Crippen LogP contribution in [0.4, 0.5) is 0 Å². The summed E-state index contributed by atoms with van der Waals surface area (Å²) in [5.41, 5.74) is 2.65. The number of benzene rings is 3. The number of hydrogen-bond acceptors (Lipinski definition) is 6. The molecule has 0 atom stereocenters. The van der Waals surface area contributed by atoms with Crippen LogP contribution in [-0.2, 0) is 34.0 Å². The summed E-state index contributed by atoms with van der Waals surface area (Å²) in [5.74, 6) is 1.69. The lowest BCUT2D eigenvalue weighted by Gasteiger charge is -2.28. The van der Waals surface area contributed by atoms with E-state index >= 15 is 0 Å². The Balaban J connectivity index is 1.35. The lowest BCUT2D eigenvalue weighted by atomic mass is 9.88. The van der Waals surface area contributed by atoms with Crippen LogP contribution in [0.5, 0.6) is 11.5 Å². The number of aliphatic hydroxyl groups is 1. The van der Waals surface area contributed by atoms with Gasteiger partial charge in [0.2, 0.25) is 0 Å². The molecule has 0 fully saturated rings. The highest BCUT2D eigenvalue weighted by Gasteiger charge is 2.25. The summed E-state index contributed by atoms with van der Waals surface area (Å²) >= 11 is 0. The Morgan fingerprint density at radius 3 is 1.38 bits per heavy atom. The second-order valence-corrected chi connectivity index (χ2v) is 10.2. The molecular formula is C34H46O6. The largest absolute Gasteiger partial charge is 0.497 e. The minimum Gasteiger partial charge on any atom is -0.497 e. The molecule has 0 radical (unpaired) electrons. The van der Waals surface area contributed by atoms with Gasteiger partial charge in [0.05, 0.1) is 39.6 Å². The third-order valence-corrected chi connectivity index (χ3v) is 7.04. The number of unbranched alkanes of at least 4 members (excludes halogenated alkanes) is 2. The molecule has 0 bridgehead atoms. The van der Waals surface area contributed by atoms with Crippen molar-refractivity contribution in [3.63, 3.8) is 0 Å². The second-order valence-electron chi connectivity index (χ2n) is 10.2. The standard InChI is InChI=1S/C34H46O6/c1-36-32-16-12-30(13-17-32)27-38-23-8-6-20-34(35,22-25-40-26-29-10-4-3-5-11-29)21-7-9-24-39-28-31-14-18-33(37-2)19-15-31/h3-5,10-19,35H,6-9,20-28H2,1-2H3. The zero-order valence-electron chi connectivity index (χ0n) is 24.2. The summed E-state index contributed by atoms with van der Waals surface area (Å²) < 4.78 is 28.0. The number of methoxy groups -OCH3 is 2. The van der Waals surface area contributed by atoms with Gasteiger partial charge >= 0.3 is 0 Å². The fourth-order valence-electron chi connectivity index (χ4n) is 4.54. The minimum absolute atomic E-state index is 0.535. The lowest BCUT2D eigenvalue weighted by Crippen LogP contribution is -2.30. The van der Waals surface area contributed by atoms with E-state index in [0.29, 0.717) is 46.1 Å². The van der Waals surface area contributed by atoms with Crippen LogP contribution in [0.15, 0.2) is 78.9 Å². The van der Waals surface area contributed by atoms with Crippen molar-refractivity contribution in [3.8, 4) is 11.5 Å². The van der Waals surface area contributed by atoms with Gasteiger partial charge in [0.1, 0.15) is 11.5 Å². The Labute approximate surface area is 240 Å². The van der Waals surface area contributed by atoms with Gasteiger partial charge in [0.15, 0.2) is 0 Å². The van der Waals surface area contributed by atoms with E-state index in [1.54, 1.807) is 14.2 Å². The van der Waals surface area contributed by atoms with Crippen molar-refractivity contribution in [2.75, 3.05) is 34.0 Å². The first-order valence-electron chi connectivity index (χ1n) is 14.4. The van der Waals surface area contributed by atoms with Crippen LogP contribution in [0.1, 0.15) is 61.6 Å². The van der Waals surface area contributed by atoms with E-state index in [1.165, 1.54) is 0 Å². The molecule has 6 nitrogen and oxygen atoms in total. The molecule has 0 aliphatic heterocycles. The zero-order valence-corrected chi connectivity index (χ0v) is 24.2. The van der Waals surface area contributed by atoms with E-state index in [4.69, 9.17) is 23.7 Å². The normalized spacial score (nSPS) is 11.5. The van der Waals surface area contributed by atoms with Crippen LogP contribution in [0.25, 0.3) is 0 Å². The van der Waals surface area contributed by atoms with Gasteiger partial charge in [-0.25, -0.2) is 0 Å². The van der Waals surface area contributed by atoms with E-state index in [-0.39, 0.29) is 0 Å². The molecule has 0 aliphatic rings. The highest BCUT2D eigenvalue weighted by molar-refractivity contribution is 5.27. The van der Waals surface area contributed by atoms with E-state index in [0.717, 1.165) is 66.7 Å². The molecule has 0 aromatic heterocycles. The van der Waals surface area contributed by atoms with Crippen molar-refractivity contribution in [1.29, 1.82) is 0 Å². The van der Waals surface area contributed by atoms with Gasteiger partial charge in [-0.3, -0.25) is 0 Å². The Hall–Kier alpha value is -2.90. The van der Waals surface area contributed by atoms with Gasteiger partial charge in [-0.15, -0.1) is 0 Å². The number of rotatable bonds is 21. The molecule has 1 N–H and O–H groups in total. The van der Waals surface area contributed by atoms with Crippen molar-refractivity contribution in [2.24, 2.45) is 0 Å². The van der Waals surface area contributed by atoms with Crippen LogP contribution < -0.4 is 9.47 Å². The first kappa shape index (κ1) is 31.6. The predicted octanol–water partition coefficient (Wildman–Crippen LogP) is 7.12. The molecule has 0 aliphatic carbocycles. The van der Waals surface area contributed by atoms with Gasteiger partial charge < -0.3 is 28.8 Å². The maximum Gasteiger partial charge on any atom is 0.118 e. The molecule has 0 unspecified atom stereocenters. The van der Waals surface area contributed by atoms with Crippen molar-refractivity contribution >= 4 is 0 Å². The van der Waals surface area contributed by atoms with Crippen LogP contribution in [0.3, 0.4) is 0 Å². The smallest absolute Gasteiger partial charge is 0.118 e. The summed E-state index contributed by atoms with van der Waals surface area (Å²) in [6.45, 7) is 3.61. The molecule has 40 heavy (non-hydrogen) atoms. The predicted molar refractivity (Wildman–Crippen MR) is 159 cm³/mol. The third kappa shape index (κ3) is 12.5. The zero-order chi connectivity index (χ0) is 28.3. The monoisotopic (exact) mass is 550 g/mol. The van der Waals surface area contributed by atoms with Gasteiger partial charge in [0, 0.05) is 19.8 Å². The molecule has 0 saturated heterocycles. The van der Waals surface area contributed by atoms with E-state index < -0.39 is 5.60 Å². The maximum atomic E-state index is 11.5. The van der Waals surface area contributed by atoms with Crippen LogP contribution in [-0.4, -0.2) is 44.7 Å². The van der Waals surface area contributed by atoms with Crippen molar-refractivity contribution in [3.05, 3.63) is 95.6 Å². The quantitative estimate of drug-likeness (QED) is 0.143. The summed E-state index contributed by atoms with van der Waals surface area (Å²) in [6, 6.07) is 26.0. The van der Waals surface area contributed by atoms with Crippen LogP contribution >= 0.6 is 0 Å². The Bertz CT molecular complexity index is 977. The Kier molecular flexibility index (Phi) is 14.6. The second kappa shape index (κ2) is 18.4. The first-order valence-corrected chi connectivity index (χ1v) is 14.4. The maximum absolute atomic E-state index is 11.5. The third-order valence-electron chi connectivity index (χ3n) is 7.04. The fraction of sp³-hybridized carbons (Fsp3) is 0.471. The highest BCUT2D eigenvalue weighted by Crippen LogP contribution is 2.26. The number of ether oxygens (including phenoxy) is 5. The van der Waals surface area contributed by atoms with Crippen LogP contribution in [0.2, 0.25) is 0 Å². The SMILES string of the molecule is COc1ccc(COCCCCC(O)(CCCCOCc2ccc(OC)cc2)CCOCc2ccccc2)cc1. The van der Waals surface area contributed by atoms with Gasteiger partial charge in [-0.2, -0.15) is 0 Å². The van der Waals surface area contributed by atoms with Gasteiger partial charge in [-0.05, 0) is 85.9 Å². The van der Waals surface area contributed by atoms with Crippen molar-refractivity contribution in [2.45, 2.75) is 70.4 Å². The minimum atomic E-state index is -0.747. The van der Waals surface area contributed by atoms with Gasteiger partial charge in [0.25, 0.3) is 0 Å². The van der Waals surface area contributed by atoms with E-state index in [1.807, 2.05) is 66.7 Å². The lowest BCUT2D eigenvalue weighted by molar-refractivity contribution is -0.0222. The molecule has 3 aromatic rings. The van der Waals surface area contributed by atoms with Crippen molar-refractivity contribution in [1.82, 2.24) is 0 Å². The highest BCUT2D eigenvalue weighted by atomic mass is 16.5. The molecule has 218 valence electrons. The fourth-order valence-corrected chi connectivity index (χ4v) is 4.54. The first-order chi connectivity index (χ1) is 19.6. The van der Waals surface area contributed by atoms with Crippen LogP contribution in [0, 0.1) is 0 Å². The number of hydrogen-bond donors (Lipinski definition) is 1. The summed E-state index contributed by atoms with van der Waals surface area (Å²) in [4.78, 5) is 0. The molecule has 0 heterocycles. The Morgan fingerprint density at radius 1 is 0.500 bits per heavy atom. The van der Waals surface area contributed by atoms with Gasteiger partial charge in [-0.1, -0.05) is 54.6 Å². The molecule has 0 saturated carbocycles. The van der Waals surface area contributed by atoms with Crippen molar-refractivity contribution < 1.29 is 28.8 Å². The average Bonchev–Trinajstić information content (AvgIpc) is 3.00. The molecule has 0 amide bonds.